The minimum absolute atomic E-state index is 0.00239. The Balaban J connectivity index is 0.000000466. The highest BCUT2D eigenvalue weighted by Gasteiger charge is 2.22. The summed E-state index contributed by atoms with van der Waals surface area (Å²) in [7, 11) is -2.12. The molecule has 2 heterocycles. The van der Waals surface area contributed by atoms with Crippen LogP contribution in [0.25, 0.3) is 11.3 Å². The first kappa shape index (κ1) is 27.1. The Kier molecular flexibility index (Phi) is 9.61. The number of aromatic nitrogens is 2. The lowest BCUT2D eigenvalue weighted by atomic mass is 10.1. The Morgan fingerprint density at radius 2 is 1.77 bits per heavy atom. The molecule has 3 rings (SSSR count). The summed E-state index contributed by atoms with van der Waals surface area (Å²) in [5.74, 6) is -2.52. The van der Waals surface area contributed by atoms with Crippen molar-refractivity contribution in [3.8, 4) is 17.0 Å². The fourth-order valence-corrected chi connectivity index (χ4v) is 4.13. The number of rotatable bonds is 9. The number of hydrogen-bond donors (Lipinski definition) is 3. The molecule has 0 bridgehead atoms. The summed E-state index contributed by atoms with van der Waals surface area (Å²) in [6.45, 7) is -2.46. The van der Waals surface area contributed by atoms with Crippen LogP contribution in [0.5, 0.6) is 5.75 Å². The summed E-state index contributed by atoms with van der Waals surface area (Å²) in [6, 6.07) is 10.5. The molecule has 13 heteroatoms. The van der Waals surface area contributed by atoms with Crippen LogP contribution in [0.4, 0.5) is 8.78 Å². The molecular weight excluding hydrogens is 488 g/mol. The molecule has 0 radical (unpaired) electrons. The lowest BCUT2D eigenvalue weighted by Crippen LogP contribution is -2.13. The summed E-state index contributed by atoms with van der Waals surface area (Å²) in [4.78, 5) is 23.0. The first-order valence-corrected chi connectivity index (χ1v) is 11.2. The number of alkyl halides is 2. The predicted molar refractivity (Wildman–Crippen MR) is 120 cm³/mol. The summed E-state index contributed by atoms with van der Waals surface area (Å²) in [6.07, 6.45) is 5.41. The highest BCUT2D eigenvalue weighted by molar-refractivity contribution is 7.90. The van der Waals surface area contributed by atoms with Crippen LogP contribution in [0, 0.1) is 0 Å². The summed E-state index contributed by atoms with van der Waals surface area (Å²) in [5.41, 5.74) is 1.71. The molecule has 0 fully saturated rings. The SMILES string of the molecule is CNCc1cc(-c2ccc(OC(F)F)cc2)n(S(=O)(=O)c2cccnc2)c1.O=C(O)/C=C/C(=O)O. The van der Waals surface area contributed by atoms with Crippen molar-refractivity contribution in [2.45, 2.75) is 18.1 Å². The van der Waals surface area contributed by atoms with Gasteiger partial charge in [-0.1, -0.05) is 0 Å². The molecule has 0 saturated heterocycles. The van der Waals surface area contributed by atoms with Gasteiger partial charge in [0.2, 0.25) is 0 Å². The van der Waals surface area contributed by atoms with Crippen molar-refractivity contribution >= 4 is 22.0 Å². The minimum Gasteiger partial charge on any atom is -0.478 e. The van der Waals surface area contributed by atoms with E-state index in [4.69, 9.17) is 10.2 Å². The normalized spacial score (nSPS) is 11.2. The molecule has 1 aromatic carbocycles. The number of aliphatic carboxylic acids is 2. The van der Waals surface area contributed by atoms with E-state index in [9.17, 15) is 26.8 Å². The molecule has 0 aliphatic heterocycles. The average molecular weight is 509 g/mol. The zero-order valence-electron chi connectivity index (χ0n) is 18.2. The van der Waals surface area contributed by atoms with Crippen LogP contribution in [0.2, 0.25) is 0 Å². The average Bonchev–Trinajstić information content (AvgIpc) is 3.24. The maximum Gasteiger partial charge on any atom is 0.387 e. The molecule has 2 aromatic heterocycles. The second-order valence-electron chi connectivity index (χ2n) is 6.67. The number of halogens is 2. The minimum atomic E-state index is -3.87. The Morgan fingerprint density at radius 1 is 1.14 bits per heavy atom. The summed E-state index contributed by atoms with van der Waals surface area (Å²) >= 11 is 0. The van der Waals surface area contributed by atoms with Gasteiger partial charge in [0.1, 0.15) is 10.6 Å². The third kappa shape index (κ3) is 8.01. The Labute approximate surface area is 199 Å². The molecule has 186 valence electrons. The van der Waals surface area contributed by atoms with Crippen molar-refractivity contribution < 1.29 is 41.7 Å². The van der Waals surface area contributed by atoms with Gasteiger partial charge in [0.05, 0.1) is 5.69 Å². The van der Waals surface area contributed by atoms with Gasteiger partial charge in [0, 0.05) is 37.3 Å². The van der Waals surface area contributed by atoms with E-state index >= 15 is 0 Å². The van der Waals surface area contributed by atoms with Crippen LogP contribution in [0.1, 0.15) is 5.56 Å². The molecule has 0 spiro atoms. The van der Waals surface area contributed by atoms with E-state index in [1.807, 2.05) is 0 Å². The topological polar surface area (TPSA) is 148 Å². The van der Waals surface area contributed by atoms with Crippen molar-refractivity contribution in [2.24, 2.45) is 0 Å². The van der Waals surface area contributed by atoms with Crippen LogP contribution in [0.3, 0.4) is 0 Å². The molecule has 0 atom stereocenters. The van der Waals surface area contributed by atoms with E-state index in [0.29, 0.717) is 30.0 Å². The Hall–Kier alpha value is -4.10. The second-order valence-corrected chi connectivity index (χ2v) is 8.48. The molecule has 35 heavy (non-hydrogen) atoms. The van der Waals surface area contributed by atoms with Gasteiger partial charge in [-0.25, -0.2) is 22.0 Å². The smallest absolute Gasteiger partial charge is 0.387 e. The van der Waals surface area contributed by atoms with Gasteiger partial charge in [-0.3, -0.25) is 4.98 Å². The lowest BCUT2D eigenvalue weighted by molar-refractivity contribution is -0.134. The summed E-state index contributed by atoms with van der Waals surface area (Å²) in [5, 5.41) is 18.6. The third-order valence-corrected chi connectivity index (χ3v) is 5.82. The van der Waals surface area contributed by atoms with Crippen molar-refractivity contribution in [1.82, 2.24) is 14.3 Å². The molecule has 3 N–H and O–H groups in total. The van der Waals surface area contributed by atoms with Crippen LogP contribution < -0.4 is 10.1 Å². The molecule has 0 amide bonds. The highest BCUT2D eigenvalue weighted by atomic mass is 32.2. The number of nitrogens with one attached hydrogen (secondary N) is 1. The van der Waals surface area contributed by atoms with E-state index < -0.39 is 28.6 Å². The Morgan fingerprint density at radius 3 is 2.26 bits per heavy atom. The van der Waals surface area contributed by atoms with E-state index in [0.717, 1.165) is 5.56 Å². The van der Waals surface area contributed by atoms with E-state index in [2.05, 4.69) is 15.0 Å². The molecule has 3 aromatic rings. The first-order valence-electron chi connectivity index (χ1n) is 9.75. The van der Waals surface area contributed by atoms with E-state index in [1.54, 1.807) is 19.2 Å². The second kappa shape index (κ2) is 12.4. The Bertz CT molecular complexity index is 1260. The fraction of sp³-hybridized carbons (Fsp3) is 0.136. The number of ether oxygens (including phenoxy) is 1. The standard InChI is InChI=1S/C18H17F2N3O3S.C4H4O4/c1-21-10-13-9-17(14-4-6-15(7-5-14)26-18(19)20)23(12-13)27(24,25)16-3-2-8-22-11-16;5-3(6)1-2-4(7)8/h2-9,11-12,18,21H,10H2,1H3;1-2H,(H,5,6)(H,7,8)/b;2-1+. The third-order valence-electron chi connectivity index (χ3n) is 4.16. The van der Waals surface area contributed by atoms with E-state index in [-0.39, 0.29) is 10.6 Å². The molecule has 10 nitrogen and oxygen atoms in total. The number of benzene rings is 1. The quantitative estimate of drug-likeness (QED) is 0.370. The maximum absolute atomic E-state index is 13.0. The van der Waals surface area contributed by atoms with Gasteiger partial charge < -0.3 is 20.3 Å². The number of pyridine rings is 1. The lowest BCUT2D eigenvalue weighted by Gasteiger charge is -2.11. The molecule has 0 aliphatic carbocycles. The number of carbonyl (C=O) groups is 2. The van der Waals surface area contributed by atoms with Gasteiger partial charge in [-0.2, -0.15) is 8.78 Å². The largest absolute Gasteiger partial charge is 0.478 e. The highest BCUT2D eigenvalue weighted by Crippen LogP contribution is 2.28. The van der Waals surface area contributed by atoms with Crippen molar-refractivity contribution in [1.29, 1.82) is 0 Å². The number of carboxylic acid groups (broad SMARTS) is 2. The van der Waals surface area contributed by atoms with Crippen molar-refractivity contribution in [2.75, 3.05) is 7.05 Å². The summed E-state index contributed by atoms with van der Waals surface area (Å²) < 4.78 is 56.2. The van der Waals surface area contributed by atoms with Crippen LogP contribution in [-0.4, -0.2) is 53.2 Å². The maximum atomic E-state index is 13.0. The van der Waals surface area contributed by atoms with Crippen molar-refractivity contribution in [3.05, 3.63) is 78.8 Å². The zero-order chi connectivity index (χ0) is 26.0. The van der Waals surface area contributed by atoms with Crippen LogP contribution in [0.15, 0.2) is 78.1 Å². The van der Waals surface area contributed by atoms with Crippen LogP contribution >= 0.6 is 0 Å². The number of nitrogens with zero attached hydrogens (tertiary/aromatic N) is 2. The number of hydrogen-bond acceptors (Lipinski definition) is 7. The van der Waals surface area contributed by atoms with Crippen molar-refractivity contribution in [3.63, 3.8) is 0 Å². The number of carboxylic acids is 2. The zero-order valence-corrected chi connectivity index (χ0v) is 19.0. The molecule has 0 unspecified atom stereocenters. The molecule has 0 aliphatic rings. The molecule has 0 saturated carbocycles. The van der Waals surface area contributed by atoms with Gasteiger partial charge in [-0.05, 0) is 60.6 Å². The van der Waals surface area contributed by atoms with Gasteiger partial charge in [0.25, 0.3) is 10.0 Å². The monoisotopic (exact) mass is 509 g/mol. The van der Waals surface area contributed by atoms with Gasteiger partial charge >= 0.3 is 18.6 Å². The first-order chi connectivity index (χ1) is 16.5. The van der Waals surface area contributed by atoms with Gasteiger partial charge in [-0.15, -0.1) is 0 Å². The van der Waals surface area contributed by atoms with Gasteiger partial charge in [0.15, 0.2) is 0 Å². The molecular formula is C22H21F2N3O7S. The fourth-order valence-electron chi connectivity index (χ4n) is 2.77. The van der Waals surface area contributed by atoms with E-state index in [1.165, 1.54) is 52.9 Å². The van der Waals surface area contributed by atoms with Crippen LogP contribution in [-0.2, 0) is 26.2 Å². The predicted octanol–water partition coefficient (Wildman–Crippen LogP) is 2.82.